The van der Waals surface area contributed by atoms with Crippen molar-refractivity contribution in [2.24, 2.45) is 7.05 Å². The van der Waals surface area contributed by atoms with Gasteiger partial charge in [0.15, 0.2) is 15.0 Å². The number of fused-ring (bicyclic) bond motifs is 1. The molecule has 24 heavy (non-hydrogen) atoms. The summed E-state index contributed by atoms with van der Waals surface area (Å²) < 4.78 is 25.6. The molecule has 7 nitrogen and oxygen atoms in total. The van der Waals surface area contributed by atoms with Gasteiger partial charge in [0.1, 0.15) is 0 Å². The van der Waals surface area contributed by atoms with E-state index >= 15 is 0 Å². The van der Waals surface area contributed by atoms with Crippen LogP contribution in [0.5, 0.6) is 0 Å². The van der Waals surface area contributed by atoms with E-state index in [2.05, 4.69) is 15.4 Å². The van der Waals surface area contributed by atoms with Gasteiger partial charge in [-0.25, -0.2) is 13.4 Å². The highest BCUT2D eigenvalue weighted by atomic mass is 32.2. The summed E-state index contributed by atoms with van der Waals surface area (Å²) in [7, 11) is -1.43. The van der Waals surface area contributed by atoms with Crippen LogP contribution in [0.2, 0.25) is 0 Å². The molecule has 0 unspecified atom stereocenters. The molecule has 9 heteroatoms. The number of aromatic nitrogens is 3. The predicted molar refractivity (Wildman–Crippen MR) is 92.9 cm³/mol. The number of hydrogen-bond acceptors (Lipinski definition) is 6. The lowest BCUT2D eigenvalue weighted by Gasteiger charge is -2.02. The number of amides is 1. The third-order valence-electron chi connectivity index (χ3n) is 3.57. The van der Waals surface area contributed by atoms with Gasteiger partial charge in [-0.2, -0.15) is 5.10 Å². The van der Waals surface area contributed by atoms with Crippen molar-refractivity contribution >= 4 is 42.4 Å². The minimum absolute atomic E-state index is 0.140. The molecule has 0 aliphatic carbocycles. The second-order valence-corrected chi connectivity index (χ2v) is 8.46. The van der Waals surface area contributed by atoms with Crippen LogP contribution in [0.15, 0.2) is 35.4 Å². The maximum Gasteiger partial charge on any atom is 0.226 e. The molecular formula is C15H16N4O3S2. The van der Waals surface area contributed by atoms with E-state index in [9.17, 15) is 13.2 Å². The predicted octanol–water partition coefficient (Wildman–Crippen LogP) is 2.00. The van der Waals surface area contributed by atoms with Crippen molar-refractivity contribution in [1.82, 2.24) is 14.8 Å². The monoisotopic (exact) mass is 364 g/mol. The van der Waals surface area contributed by atoms with E-state index in [-0.39, 0.29) is 10.8 Å². The molecule has 1 aromatic carbocycles. The molecule has 0 saturated carbocycles. The van der Waals surface area contributed by atoms with Crippen LogP contribution in [-0.2, 0) is 28.1 Å². The van der Waals surface area contributed by atoms with E-state index in [0.717, 1.165) is 16.6 Å². The van der Waals surface area contributed by atoms with Crippen molar-refractivity contribution in [1.29, 1.82) is 0 Å². The van der Waals surface area contributed by atoms with Crippen LogP contribution < -0.4 is 5.32 Å². The van der Waals surface area contributed by atoms with Crippen LogP contribution in [-0.4, -0.2) is 35.3 Å². The van der Waals surface area contributed by atoms with Crippen LogP contribution >= 0.6 is 11.3 Å². The molecule has 0 fully saturated rings. The number of carbonyl (C=O) groups excluding carboxylic acids is 1. The van der Waals surface area contributed by atoms with Gasteiger partial charge < -0.3 is 5.32 Å². The van der Waals surface area contributed by atoms with E-state index in [1.54, 1.807) is 23.0 Å². The van der Waals surface area contributed by atoms with Crippen molar-refractivity contribution in [3.8, 4) is 0 Å². The molecule has 3 aromatic rings. The summed E-state index contributed by atoms with van der Waals surface area (Å²) >= 11 is 1.26. The van der Waals surface area contributed by atoms with Gasteiger partial charge in [0, 0.05) is 31.6 Å². The lowest BCUT2D eigenvalue weighted by Crippen LogP contribution is -2.13. The second-order valence-electron chi connectivity index (χ2n) is 5.42. The first kappa shape index (κ1) is 16.6. The fourth-order valence-corrected chi connectivity index (χ4v) is 3.90. The highest BCUT2D eigenvalue weighted by Gasteiger charge is 2.12. The summed E-state index contributed by atoms with van der Waals surface area (Å²) in [5.74, 6) is -0.140. The van der Waals surface area contributed by atoms with E-state index in [0.29, 0.717) is 23.5 Å². The molecule has 0 bridgehead atoms. The van der Waals surface area contributed by atoms with Crippen molar-refractivity contribution in [3.05, 3.63) is 36.2 Å². The fraction of sp³-hybridized carbons (Fsp3) is 0.267. The minimum atomic E-state index is -3.26. The smallest absolute Gasteiger partial charge is 0.226 e. The Labute approximate surface area is 143 Å². The molecule has 0 aliphatic rings. The van der Waals surface area contributed by atoms with Crippen LogP contribution in [0.4, 0.5) is 5.13 Å². The topological polar surface area (TPSA) is 93.9 Å². The summed E-state index contributed by atoms with van der Waals surface area (Å²) in [6.45, 7) is 0. The third kappa shape index (κ3) is 3.62. The molecule has 2 aromatic heterocycles. The van der Waals surface area contributed by atoms with E-state index in [4.69, 9.17) is 0 Å². The molecule has 0 radical (unpaired) electrons. The Morgan fingerprint density at radius 2 is 2.12 bits per heavy atom. The average molecular weight is 364 g/mol. The van der Waals surface area contributed by atoms with Gasteiger partial charge in [0.2, 0.25) is 5.91 Å². The first-order chi connectivity index (χ1) is 11.3. The summed E-state index contributed by atoms with van der Waals surface area (Å²) in [5.41, 5.74) is 1.64. The Hall–Kier alpha value is -2.26. The molecule has 126 valence electrons. The highest BCUT2D eigenvalue weighted by Crippen LogP contribution is 2.28. The second kappa shape index (κ2) is 6.33. The molecule has 0 saturated heterocycles. The van der Waals surface area contributed by atoms with Crippen molar-refractivity contribution in [2.45, 2.75) is 17.7 Å². The quantitative estimate of drug-likeness (QED) is 0.747. The van der Waals surface area contributed by atoms with Crippen molar-refractivity contribution in [2.75, 3.05) is 11.6 Å². The van der Waals surface area contributed by atoms with Crippen LogP contribution in [0.3, 0.4) is 0 Å². The number of nitrogens with zero attached hydrogens (tertiary/aromatic N) is 3. The molecule has 0 atom stereocenters. The number of anilines is 1. The molecular weight excluding hydrogens is 348 g/mol. The summed E-state index contributed by atoms with van der Waals surface area (Å²) in [6.07, 6.45) is 3.77. The summed E-state index contributed by atoms with van der Waals surface area (Å²) in [6, 6.07) is 6.62. The molecule has 3 rings (SSSR count). The zero-order valence-corrected chi connectivity index (χ0v) is 14.8. The number of carbonyl (C=O) groups is 1. The Balaban J connectivity index is 1.71. The maximum absolute atomic E-state index is 12.1. The number of sulfone groups is 1. The molecule has 0 aliphatic heterocycles. The molecule has 1 N–H and O–H groups in total. The average Bonchev–Trinajstić information content (AvgIpc) is 3.08. The first-order valence-corrected chi connectivity index (χ1v) is 9.91. The van der Waals surface area contributed by atoms with Gasteiger partial charge in [-0.1, -0.05) is 11.3 Å². The van der Waals surface area contributed by atoms with Gasteiger partial charge >= 0.3 is 0 Å². The Bertz CT molecular complexity index is 1000. The van der Waals surface area contributed by atoms with Crippen molar-refractivity contribution in [3.63, 3.8) is 0 Å². The normalized spacial score (nSPS) is 11.8. The minimum Gasteiger partial charge on any atom is -0.302 e. The highest BCUT2D eigenvalue weighted by molar-refractivity contribution is 7.90. The number of nitrogens with one attached hydrogen (secondary N) is 1. The van der Waals surface area contributed by atoms with Gasteiger partial charge in [0.05, 0.1) is 15.1 Å². The molecule has 2 heterocycles. The van der Waals surface area contributed by atoms with Gasteiger partial charge in [-0.3, -0.25) is 9.48 Å². The van der Waals surface area contributed by atoms with Gasteiger partial charge in [0.25, 0.3) is 0 Å². The van der Waals surface area contributed by atoms with Crippen LogP contribution in [0, 0.1) is 0 Å². The fourth-order valence-electron chi connectivity index (χ4n) is 2.26. The lowest BCUT2D eigenvalue weighted by molar-refractivity contribution is -0.116. The van der Waals surface area contributed by atoms with E-state index < -0.39 is 9.84 Å². The van der Waals surface area contributed by atoms with Crippen LogP contribution in [0.25, 0.3) is 10.2 Å². The Kier molecular flexibility index (Phi) is 4.37. The standard InChI is InChI=1S/C15H16N4O3S2/c1-19-10(7-8-16-19)3-6-14(20)18-15-17-12-5-4-11(24(2,21)22)9-13(12)23-15/h4-5,7-9H,3,6H2,1-2H3,(H,17,18,20). The first-order valence-electron chi connectivity index (χ1n) is 7.20. The number of rotatable bonds is 5. The summed E-state index contributed by atoms with van der Waals surface area (Å²) in [5, 5.41) is 7.29. The number of hydrogen-bond donors (Lipinski definition) is 1. The Morgan fingerprint density at radius 3 is 2.79 bits per heavy atom. The molecule has 0 spiro atoms. The maximum atomic E-state index is 12.1. The molecule has 1 amide bonds. The van der Waals surface area contributed by atoms with Crippen molar-refractivity contribution < 1.29 is 13.2 Å². The lowest BCUT2D eigenvalue weighted by atomic mass is 10.2. The largest absolute Gasteiger partial charge is 0.302 e. The third-order valence-corrected chi connectivity index (χ3v) is 5.61. The van der Waals surface area contributed by atoms with E-state index in [1.807, 2.05) is 13.1 Å². The van der Waals surface area contributed by atoms with Gasteiger partial charge in [-0.05, 0) is 30.7 Å². The number of thiazole rings is 1. The van der Waals surface area contributed by atoms with Crippen LogP contribution in [0.1, 0.15) is 12.1 Å². The Morgan fingerprint density at radius 1 is 1.33 bits per heavy atom. The number of benzene rings is 1. The SMILES string of the molecule is Cn1nccc1CCC(=O)Nc1nc2ccc(S(C)(=O)=O)cc2s1. The summed E-state index contributed by atoms with van der Waals surface area (Å²) in [4.78, 5) is 16.6. The van der Waals surface area contributed by atoms with Gasteiger partial charge in [-0.15, -0.1) is 0 Å². The zero-order chi connectivity index (χ0) is 17.3. The van der Waals surface area contributed by atoms with E-state index in [1.165, 1.54) is 17.4 Å². The zero-order valence-electron chi connectivity index (χ0n) is 13.2. The number of aryl methyl sites for hydroxylation is 2.